The molecule has 0 bridgehead atoms. The Balaban J connectivity index is 0.00000169. The van der Waals surface area contributed by atoms with Crippen LogP contribution in [0.4, 0.5) is 0 Å². The van der Waals surface area contributed by atoms with Crippen molar-refractivity contribution in [2.75, 3.05) is 0 Å². The van der Waals surface area contributed by atoms with Gasteiger partial charge in [0.1, 0.15) is 5.82 Å². The van der Waals surface area contributed by atoms with Crippen molar-refractivity contribution >= 4 is 17.0 Å². The van der Waals surface area contributed by atoms with Gasteiger partial charge in [0.05, 0.1) is 0 Å². The van der Waals surface area contributed by atoms with Crippen LogP contribution in [0.15, 0.2) is 12.4 Å². The molecule has 0 aliphatic rings. The van der Waals surface area contributed by atoms with Crippen LogP contribution >= 0.6 is 17.0 Å². The summed E-state index contributed by atoms with van der Waals surface area (Å²) in [5.74, 6) is 1.26. The van der Waals surface area contributed by atoms with Gasteiger partial charge in [-0.3, -0.25) is 0 Å². The first-order valence-corrected chi connectivity index (χ1v) is 5.38. The Morgan fingerprint density at radius 2 is 1.93 bits per heavy atom. The molecule has 14 heavy (non-hydrogen) atoms. The van der Waals surface area contributed by atoms with Crippen LogP contribution in [0.25, 0.3) is 0 Å². The molecule has 0 aromatic carbocycles. The maximum atomic E-state index is 4.37. The van der Waals surface area contributed by atoms with Gasteiger partial charge >= 0.3 is 0 Å². The van der Waals surface area contributed by atoms with E-state index in [4.69, 9.17) is 0 Å². The molecule has 2 nitrogen and oxygen atoms in total. The molecule has 0 amide bonds. The van der Waals surface area contributed by atoms with Gasteiger partial charge in [0.25, 0.3) is 0 Å². The van der Waals surface area contributed by atoms with Gasteiger partial charge < -0.3 is 4.57 Å². The van der Waals surface area contributed by atoms with Gasteiger partial charge in [-0.05, 0) is 12.8 Å². The molecule has 0 atom stereocenters. The summed E-state index contributed by atoms with van der Waals surface area (Å²) in [7, 11) is 0. The van der Waals surface area contributed by atoms with Gasteiger partial charge in [-0.2, -0.15) is 0 Å². The summed E-state index contributed by atoms with van der Waals surface area (Å²) in [5, 5.41) is 0. The number of aromatic nitrogens is 2. The van der Waals surface area contributed by atoms with E-state index in [0.29, 0.717) is 0 Å². The van der Waals surface area contributed by atoms with Gasteiger partial charge in [-0.25, -0.2) is 4.98 Å². The third kappa shape index (κ3) is 4.27. The predicted octanol–water partition coefficient (Wildman–Crippen LogP) is 3.60. The van der Waals surface area contributed by atoms with Gasteiger partial charge in [0, 0.05) is 25.4 Å². The van der Waals surface area contributed by atoms with E-state index in [1.807, 2.05) is 6.20 Å². The van der Waals surface area contributed by atoms with E-state index in [0.717, 1.165) is 13.0 Å². The second-order valence-corrected chi connectivity index (χ2v) is 3.49. The van der Waals surface area contributed by atoms with Crippen LogP contribution in [0.2, 0.25) is 0 Å². The maximum absolute atomic E-state index is 4.37. The fourth-order valence-electron chi connectivity index (χ4n) is 1.44. The number of halogens is 1. The van der Waals surface area contributed by atoms with E-state index in [1.165, 1.54) is 31.5 Å². The number of unbranched alkanes of at least 4 members (excludes halogenated alkanes) is 2. The monoisotopic (exact) mass is 260 g/mol. The number of nitrogens with zero attached hydrogens (tertiary/aromatic N) is 2. The molecule has 0 aliphatic carbocycles. The quantitative estimate of drug-likeness (QED) is 0.765. The molecule has 0 unspecified atom stereocenters. The number of imidazole rings is 1. The number of rotatable bonds is 6. The first kappa shape index (κ1) is 13.7. The lowest BCUT2D eigenvalue weighted by Crippen LogP contribution is -2.02. The van der Waals surface area contributed by atoms with Gasteiger partial charge in [-0.1, -0.05) is 26.7 Å². The van der Waals surface area contributed by atoms with Crippen LogP contribution < -0.4 is 0 Å². The molecule has 1 heterocycles. The van der Waals surface area contributed by atoms with Crippen molar-refractivity contribution in [1.29, 1.82) is 0 Å². The minimum Gasteiger partial charge on any atom is -0.335 e. The van der Waals surface area contributed by atoms with Crippen molar-refractivity contribution in [1.82, 2.24) is 9.55 Å². The fraction of sp³-hybridized carbons (Fsp3) is 0.727. The maximum Gasteiger partial charge on any atom is 0.108 e. The summed E-state index contributed by atoms with van der Waals surface area (Å²) in [6, 6.07) is 0. The van der Waals surface area contributed by atoms with E-state index in [2.05, 4.69) is 29.6 Å². The summed E-state index contributed by atoms with van der Waals surface area (Å²) in [4.78, 5) is 4.37. The van der Waals surface area contributed by atoms with Crippen molar-refractivity contribution in [3.8, 4) is 0 Å². The smallest absolute Gasteiger partial charge is 0.108 e. The Morgan fingerprint density at radius 3 is 2.57 bits per heavy atom. The predicted molar refractivity (Wildman–Crippen MR) is 66.1 cm³/mol. The van der Waals surface area contributed by atoms with E-state index >= 15 is 0 Å². The standard InChI is InChI=1S/C11H20N2.BrH/c1-3-5-7-11-12-8-10-13(11)9-6-4-2;/h8,10H,3-7,9H2,1-2H3;1H. The Hall–Kier alpha value is -0.310. The third-order valence-corrected chi connectivity index (χ3v) is 2.31. The minimum absolute atomic E-state index is 0. The van der Waals surface area contributed by atoms with Gasteiger partial charge in [0.2, 0.25) is 0 Å². The Labute approximate surface area is 97.5 Å². The molecule has 0 saturated carbocycles. The average molecular weight is 261 g/mol. The summed E-state index contributed by atoms with van der Waals surface area (Å²) >= 11 is 0. The number of hydrogen-bond donors (Lipinski definition) is 0. The van der Waals surface area contributed by atoms with Crippen LogP contribution in [0.3, 0.4) is 0 Å². The van der Waals surface area contributed by atoms with Crippen LogP contribution in [0.5, 0.6) is 0 Å². The van der Waals surface area contributed by atoms with Gasteiger partial charge in [-0.15, -0.1) is 17.0 Å². The van der Waals surface area contributed by atoms with Crippen LogP contribution in [-0.4, -0.2) is 9.55 Å². The Bertz CT molecular complexity index is 210. The molecule has 1 rings (SSSR count). The highest BCUT2D eigenvalue weighted by Gasteiger charge is 2.00. The van der Waals surface area contributed by atoms with E-state index < -0.39 is 0 Å². The fourth-order valence-corrected chi connectivity index (χ4v) is 1.44. The van der Waals surface area contributed by atoms with Crippen molar-refractivity contribution in [3.63, 3.8) is 0 Å². The molecule has 0 fully saturated rings. The first-order chi connectivity index (χ1) is 6.38. The third-order valence-electron chi connectivity index (χ3n) is 2.31. The highest BCUT2D eigenvalue weighted by atomic mass is 79.9. The van der Waals surface area contributed by atoms with Crippen molar-refractivity contribution in [2.45, 2.75) is 52.5 Å². The van der Waals surface area contributed by atoms with Crippen LogP contribution in [0.1, 0.15) is 45.4 Å². The molecule has 1 aromatic heterocycles. The topological polar surface area (TPSA) is 17.8 Å². The van der Waals surface area contributed by atoms with Crippen molar-refractivity contribution in [3.05, 3.63) is 18.2 Å². The molecule has 0 N–H and O–H groups in total. The largest absolute Gasteiger partial charge is 0.335 e. The lowest BCUT2D eigenvalue weighted by molar-refractivity contribution is 0.591. The van der Waals surface area contributed by atoms with Crippen LogP contribution in [0, 0.1) is 0 Å². The molecule has 0 aliphatic heterocycles. The lowest BCUT2D eigenvalue weighted by Gasteiger charge is -2.05. The Kier molecular flexibility index (Phi) is 7.86. The lowest BCUT2D eigenvalue weighted by atomic mass is 10.2. The molecule has 82 valence electrons. The van der Waals surface area contributed by atoms with Crippen LogP contribution in [-0.2, 0) is 13.0 Å². The SMILES string of the molecule is Br.CCCCc1nccn1CCCC. The zero-order valence-corrected chi connectivity index (χ0v) is 10.9. The van der Waals surface area contributed by atoms with E-state index in [-0.39, 0.29) is 17.0 Å². The Morgan fingerprint density at radius 1 is 1.21 bits per heavy atom. The molecular formula is C11H21BrN2. The molecule has 0 spiro atoms. The van der Waals surface area contributed by atoms with E-state index in [1.54, 1.807) is 0 Å². The number of hydrogen-bond acceptors (Lipinski definition) is 1. The average Bonchev–Trinajstić information content (AvgIpc) is 2.59. The summed E-state index contributed by atoms with van der Waals surface area (Å²) in [6.07, 6.45) is 10.2. The molecule has 1 aromatic rings. The highest BCUT2D eigenvalue weighted by Crippen LogP contribution is 2.05. The van der Waals surface area contributed by atoms with E-state index in [9.17, 15) is 0 Å². The first-order valence-electron chi connectivity index (χ1n) is 5.38. The molecule has 0 saturated heterocycles. The highest BCUT2D eigenvalue weighted by molar-refractivity contribution is 8.93. The van der Waals surface area contributed by atoms with Crippen molar-refractivity contribution in [2.24, 2.45) is 0 Å². The molecule has 0 radical (unpaired) electrons. The summed E-state index contributed by atoms with van der Waals surface area (Å²) < 4.78 is 2.29. The van der Waals surface area contributed by atoms with Crippen molar-refractivity contribution < 1.29 is 0 Å². The molecule has 3 heteroatoms. The van der Waals surface area contributed by atoms with Gasteiger partial charge in [0.15, 0.2) is 0 Å². The summed E-state index contributed by atoms with van der Waals surface area (Å²) in [6.45, 7) is 5.58. The number of aryl methyl sites for hydroxylation is 2. The second-order valence-electron chi connectivity index (χ2n) is 3.49. The zero-order valence-electron chi connectivity index (χ0n) is 9.20. The summed E-state index contributed by atoms with van der Waals surface area (Å²) in [5.41, 5.74) is 0. The zero-order chi connectivity index (χ0) is 9.52. The molecular weight excluding hydrogens is 240 g/mol. The normalized spacial score (nSPS) is 9.86. The second kappa shape index (κ2) is 8.04. The minimum atomic E-state index is 0.